The summed E-state index contributed by atoms with van der Waals surface area (Å²) in [6, 6.07) is 3.21. The average Bonchev–Trinajstić information content (AvgIpc) is 2.60. The van der Waals surface area contributed by atoms with E-state index in [1.54, 1.807) is 31.5 Å². The molecule has 0 spiro atoms. The highest BCUT2D eigenvalue weighted by Crippen LogP contribution is 2.20. The summed E-state index contributed by atoms with van der Waals surface area (Å²) in [5, 5.41) is 9.14. The predicted molar refractivity (Wildman–Crippen MR) is 91.3 cm³/mol. The number of nitrogens with zero attached hydrogens (tertiary/aromatic N) is 3. The number of hydrogen-bond donors (Lipinski definition) is 1. The minimum Gasteiger partial charge on any atom is -0.480 e. The van der Waals surface area contributed by atoms with E-state index < -0.39 is 16.0 Å². The van der Waals surface area contributed by atoms with Crippen molar-refractivity contribution < 1.29 is 23.1 Å². The van der Waals surface area contributed by atoms with Crippen LogP contribution in [0.3, 0.4) is 0 Å². The third kappa shape index (κ3) is 5.23. The molecule has 0 aliphatic carbocycles. The van der Waals surface area contributed by atoms with E-state index >= 15 is 0 Å². The van der Waals surface area contributed by atoms with Gasteiger partial charge in [0.1, 0.15) is 6.54 Å². The van der Waals surface area contributed by atoms with E-state index in [9.17, 15) is 18.0 Å². The second-order valence-corrected chi connectivity index (χ2v) is 8.24. The van der Waals surface area contributed by atoms with Gasteiger partial charge >= 0.3 is 5.97 Å². The topological polar surface area (TPSA) is 108 Å². The highest BCUT2D eigenvalue weighted by atomic mass is 32.2. The minimum absolute atomic E-state index is 0.0381. The zero-order valence-electron chi connectivity index (χ0n) is 14.2. The summed E-state index contributed by atoms with van der Waals surface area (Å²) in [5.74, 6) is -1.33. The highest BCUT2D eigenvalue weighted by molar-refractivity contribution is 7.89. The Balaban J connectivity index is 2.05. The molecule has 1 N–H and O–H groups in total. The van der Waals surface area contributed by atoms with Crippen LogP contribution in [0.15, 0.2) is 24.5 Å². The molecule has 2 rings (SSSR count). The molecule has 138 valence electrons. The van der Waals surface area contributed by atoms with Crippen LogP contribution < -0.4 is 0 Å². The first-order chi connectivity index (χ1) is 11.8. The molecule has 2 heterocycles. The van der Waals surface area contributed by atoms with E-state index in [0.717, 1.165) is 0 Å². The normalized spacial score (nSPS) is 16.5. The van der Waals surface area contributed by atoms with E-state index in [0.29, 0.717) is 31.5 Å². The summed E-state index contributed by atoms with van der Waals surface area (Å²) in [4.78, 5) is 29.1. The van der Waals surface area contributed by atoms with Crippen LogP contribution in [-0.4, -0.2) is 71.0 Å². The van der Waals surface area contributed by atoms with E-state index in [-0.39, 0.29) is 30.7 Å². The van der Waals surface area contributed by atoms with Crippen LogP contribution in [-0.2, 0) is 26.0 Å². The van der Waals surface area contributed by atoms with Gasteiger partial charge in [-0.15, -0.1) is 0 Å². The Hall–Kier alpha value is -2.00. The van der Waals surface area contributed by atoms with Crippen LogP contribution in [0.4, 0.5) is 0 Å². The van der Waals surface area contributed by atoms with Crippen molar-refractivity contribution in [1.29, 1.82) is 0 Å². The number of carboxylic acids is 1. The molecule has 0 saturated carbocycles. The van der Waals surface area contributed by atoms with Gasteiger partial charge < -0.3 is 10.0 Å². The molecule has 1 saturated heterocycles. The van der Waals surface area contributed by atoms with Crippen molar-refractivity contribution in [2.45, 2.75) is 32.2 Å². The van der Waals surface area contributed by atoms with Crippen molar-refractivity contribution in [1.82, 2.24) is 14.2 Å². The smallest absolute Gasteiger partial charge is 0.323 e. The maximum Gasteiger partial charge on any atom is 0.323 e. The Morgan fingerprint density at radius 1 is 1.36 bits per heavy atom. The fourth-order valence-corrected chi connectivity index (χ4v) is 4.09. The summed E-state index contributed by atoms with van der Waals surface area (Å²) in [5.41, 5.74) is 0.717. The summed E-state index contributed by atoms with van der Waals surface area (Å²) in [6.07, 6.45) is 4.13. The van der Waals surface area contributed by atoms with Crippen LogP contribution in [0, 0.1) is 0 Å². The first kappa shape index (κ1) is 19.3. The fraction of sp³-hybridized carbons (Fsp3) is 0.562. The molecule has 1 aliphatic heterocycles. The van der Waals surface area contributed by atoms with E-state index in [2.05, 4.69) is 4.98 Å². The highest BCUT2D eigenvalue weighted by Gasteiger charge is 2.32. The lowest BCUT2D eigenvalue weighted by Crippen LogP contribution is -2.50. The molecule has 1 aromatic heterocycles. The summed E-state index contributed by atoms with van der Waals surface area (Å²) in [6.45, 7) is 1.81. The van der Waals surface area contributed by atoms with Gasteiger partial charge in [-0.3, -0.25) is 14.6 Å². The van der Waals surface area contributed by atoms with Gasteiger partial charge in [0.15, 0.2) is 0 Å². The SMILES string of the molecule is CCS(=O)(=O)N1CCC(N(CC(=O)O)C(=O)Cc2cccnc2)CC1. The molecule has 1 fully saturated rings. The number of amides is 1. The van der Waals surface area contributed by atoms with Gasteiger partial charge in [-0.2, -0.15) is 0 Å². The Kier molecular flexibility index (Phi) is 6.49. The second-order valence-electron chi connectivity index (χ2n) is 5.98. The molecule has 0 bridgehead atoms. The molecule has 25 heavy (non-hydrogen) atoms. The van der Waals surface area contributed by atoms with Gasteiger partial charge in [0.2, 0.25) is 15.9 Å². The number of hydrogen-bond acceptors (Lipinski definition) is 5. The number of aliphatic carboxylic acids is 1. The maximum absolute atomic E-state index is 12.6. The molecule has 9 heteroatoms. The van der Waals surface area contributed by atoms with Crippen LogP contribution >= 0.6 is 0 Å². The van der Waals surface area contributed by atoms with Crippen molar-refractivity contribution >= 4 is 21.9 Å². The molecular formula is C16H23N3O5S. The van der Waals surface area contributed by atoms with Gasteiger partial charge in [0.25, 0.3) is 0 Å². The quantitative estimate of drug-likeness (QED) is 0.743. The van der Waals surface area contributed by atoms with Gasteiger partial charge in [0.05, 0.1) is 12.2 Å². The number of rotatable bonds is 7. The number of carboxylic acid groups (broad SMARTS) is 1. The Morgan fingerprint density at radius 2 is 2.04 bits per heavy atom. The first-order valence-electron chi connectivity index (χ1n) is 8.21. The number of pyridine rings is 1. The largest absolute Gasteiger partial charge is 0.480 e. The fourth-order valence-electron chi connectivity index (χ4n) is 2.96. The lowest BCUT2D eigenvalue weighted by molar-refractivity contribution is -0.146. The number of carbonyl (C=O) groups excluding carboxylic acids is 1. The molecule has 0 aromatic carbocycles. The number of carbonyl (C=O) groups is 2. The number of aromatic nitrogens is 1. The average molecular weight is 369 g/mol. The van der Waals surface area contributed by atoms with Crippen molar-refractivity contribution in [2.75, 3.05) is 25.4 Å². The predicted octanol–water partition coefficient (Wildman–Crippen LogP) is 0.351. The summed E-state index contributed by atoms with van der Waals surface area (Å²) < 4.78 is 25.3. The van der Waals surface area contributed by atoms with Crippen molar-refractivity contribution in [2.24, 2.45) is 0 Å². The Labute approximate surface area is 147 Å². The first-order valence-corrected chi connectivity index (χ1v) is 9.82. The van der Waals surface area contributed by atoms with Crippen molar-refractivity contribution in [3.8, 4) is 0 Å². The Morgan fingerprint density at radius 3 is 2.56 bits per heavy atom. The molecule has 0 atom stereocenters. The van der Waals surface area contributed by atoms with E-state index in [1.165, 1.54) is 9.21 Å². The Bertz CT molecular complexity index is 700. The number of sulfonamides is 1. The lowest BCUT2D eigenvalue weighted by Gasteiger charge is -2.37. The van der Waals surface area contributed by atoms with Crippen LogP contribution in [0.25, 0.3) is 0 Å². The molecular weight excluding hydrogens is 346 g/mol. The molecule has 1 amide bonds. The standard InChI is InChI=1S/C16H23N3O5S/c1-2-25(23,24)18-8-5-14(6-9-18)19(12-16(21)22)15(20)10-13-4-3-7-17-11-13/h3-4,7,11,14H,2,5-6,8-10,12H2,1H3,(H,21,22). The van der Waals surface area contributed by atoms with Crippen molar-refractivity contribution in [3.63, 3.8) is 0 Å². The van der Waals surface area contributed by atoms with Crippen LogP contribution in [0.2, 0.25) is 0 Å². The molecule has 1 aromatic rings. The summed E-state index contributed by atoms with van der Waals surface area (Å²) >= 11 is 0. The van der Waals surface area contributed by atoms with E-state index in [1.807, 2.05) is 0 Å². The third-order valence-electron chi connectivity index (χ3n) is 4.33. The van der Waals surface area contributed by atoms with Gasteiger partial charge in [-0.05, 0) is 31.4 Å². The van der Waals surface area contributed by atoms with Crippen LogP contribution in [0.5, 0.6) is 0 Å². The third-order valence-corrected chi connectivity index (χ3v) is 6.21. The zero-order chi connectivity index (χ0) is 18.4. The second kappa shape index (κ2) is 8.39. The van der Waals surface area contributed by atoms with Crippen LogP contribution in [0.1, 0.15) is 25.3 Å². The number of piperidine rings is 1. The maximum atomic E-state index is 12.6. The van der Waals surface area contributed by atoms with Gasteiger partial charge in [-0.1, -0.05) is 6.07 Å². The molecule has 0 radical (unpaired) electrons. The molecule has 0 unspecified atom stereocenters. The van der Waals surface area contributed by atoms with Gasteiger partial charge in [-0.25, -0.2) is 12.7 Å². The van der Waals surface area contributed by atoms with Gasteiger partial charge in [0, 0.05) is 31.5 Å². The lowest BCUT2D eigenvalue weighted by atomic mass is 10.0. The molecule has 1 aliphatic rings. The minimum atomic E-state index is -3.26. The monoisotopic (exact) mass is 369 g/mol. The molecule has 8 nitrogen and oxygen atoms in total. The zero-order valence-corrected chi connectivity index (χ0v) is 15.0. The summed E-state index contributed by atoms with van der Waals surface area (Å²) in [7, 11) is -3.26. The van der Waals surface area contributed by atoms with Crippen molar-refractivity contribution in [3.05, 3.63) is 30.1 Å². The van der Waals surface area contributed by atoms with E-state index in [4.69, 9.17) is 5.11 Å².